The molecular formula is C34H35F6NO7. The maximum atomic E-state index is 14.6. The molecule has 1 amide bonds. The summed E-state index contributed by atoms with van der Waals surface area (Å²) in [5, 5.41) is 2.17. The lowest BCUT2D eigenvalue weighted by atomic mass is 9.89. The first-order valence-electron chi connectivity index (χ1n) is 14.7. The van der Waals surface area contributed by atoms with Gasteiger partial charge in [0.2, 0.25) is 0 Å². The molecule has 3 rings (SSSR count). The molecule has 1 unspecified atom stereocenters. The normalized spacial score (nSPS) is 16.4. The van der Waals surface area contributed by atoms with Gasteiger partial charge in [-0.1, -0.05) is 86.6 Å². The van der Waals surface area contributed by atoms with Gasteiger partial charge in [0.15, 0.2) is 0 Å². The zero-order valence-electron chi connectivity index (χ0n) is 26.6. The van der Waals surface area contributed by atoms with Gasteiger partial charge in [0, 0.05) is 31.3 Å². The van der Waals surface area contributed by atoms with E-state index in [4.69, 9.17) is 18.9 Å². The van der Waals surface area contributed by atoms with Crippen LogP contribution in [0.5, 0.6) is 5.75 Å². The molecule has 1 N–H and O–H groups in total. The van der Waals surface area contributed by atoms with Crippen LogP contribution in [0.2, 0.25) is 0 Å². The Hall–Kier alpha value is -4.43. The second-order valence-corrected chi connectivity index (χ2v) is 10.9. The summed E-state index contributed by atoms with van der Waals surface area (Å²) in [7, 11) is 1.43. The molecule has 0 aliphatic heterocycles. The van der Waals surface area contributed by atoms with Crippen LogP contribution in [0, 0.1) is 0 Å². The Labute approximate surface area is 273 Å². The van der Waals surface area contributed by atoms with Gasteiger partial charge in [0.05, 0.1) is 6.10 Å². The third-order valence-electron chi connectivity index (χ3n) is 7.93. The van der Waals surface area contributed by atoms with Crippen LogP contribution in [0.4, 0.5) is 26.3 Å². The number of alkyl halides is 6. The van der Waals surface area contributed by atoms with Crippen LogP contribution >= 0.6 is 0 Å². The third kappa shape index (κ3) is 7.49. The number of amides is 1. The number of nitrogens with one attached hydrogen (secondary N) is 1. The molecule has 14 heteroatoms. The number of carbonyl (C=O) groups is 3. The van der Waals surface area contributed by atoms with Crippen molar-refractivity contribution in [2.45, 2.75) is 68.8 Å². The van der Waals surface area contributed by atoms with Crippen molar-refractivity contribution in [1.29, 1.82) is 0 Å². The number of hydrogen-bond acceptors (Lipinski definition) is 7. The zero-order chi connectivity index (χ0) is 35.9. The molecule has 0 aliphatic rings. The minimum atomic E-state index is -5.26. The molecule has 3 aromatic rings. The van der Waals surface area contributed by atoms with Gasteiger partial charge in [-0.05, 0) is 31.0 Å². The molecule has 0 fully saturated rings. The summed E-state index contributed by atoms with van der Waals surface area (Å²) >= 11 is 0. The van der Waals surface area contributed by atoms with E-state index >= 15 is 0 Å². The highest BCUT2D eigenvalue weighted by Crippen LogP contribution is 2.44. The number of methoxy groups -OCH3 is 2. The highest BCUT2D eigenvalue weighted by atomic mass is 19.4. The second-order valence-electron chi connectivity index (χ2n) is 10.9. The summed E-state index contributed by atoms with van der Waals surface area (Å²) in [6.45, 7) is 4.68. The van der Waals surface area contributed by atoms with Crippen molar-refractivity contribution >= 4 is 17.8 Å². The molecule has 0 saturated heterocycles. The Morgan fingerprint density at radius 3 is 1.58 bits per heavy atom. The van der Waals surface area contributed by atoms with E-state index in [1.54, 1.807) is 13.8 Å². The Morgan fingerprint density at radius 1 is 0.708 bits per heavy atom. The zero-order valence-corrected chi connectivity index (χ0v) is 26.6. The predicted octanol–water partition coefficient (Wildman–Crippen LogP) is 6.73. The fourth-order valence-electron chi connectivity index (χ4n) is 5.01. The van der Waals surface area contributed by atoms with E-state index in [0.29, 0.717) is 20.6 Å². The molecule has 48 heavy (non-hydrogen) atoms. The molecule has 0 heterocycles. The minimum absolute atomic E-state index is 0.229. The van der Waals surface area contributed by atoms with Gasteiger partial charge in [-0.25, -0.2) is 9.59 Å². The fourth-order valence-corrected chi connectivity index (χ4v) is 5.01. The molecule has 0 spiro atoms. The number of esters is 2. The molecule has 0 aromatic heterocycles. The quantitative estimate of drug-likeness (QED) is 0.121. The third-order valence-corrected chi connectivity index (χ3v) is 7.93. The van der Waals surface area contributed by atoms with E-state index < -0.39 is 70.6 Å². The number of halogens is 6. The maximum Gasteiger partial charge on any atom is 0.432 e. The van der Waals surface area contributed by atoms with Crippen LogP contribution in [0.1, 0.15) is 49.8 Å². The number of hydrogen-bond donors (Lipinski definition) is 1. The standard InChI is InChI=1S/C34H35F6NO7/c1-6-21(2)47-28(42)27(41-29(43)31(45-4,33(35,36)37)24-13-9-7-10-14-24)22(3)23-17-19-26(20-18-23)48-30(44)32(46-5,34(38,39)40)25-15-11-8-12-16-25/h7-22,27H,6H2,1-5H3,(H,41,43)/t21?,22-,27+,31+,32+/m1/s1. The van der Waals surface area contributed by atoms with E-state index in [0.717, 1.165) is 36.4 Å². The minimum Gasteiger partial charge on any atom is -0.461 e. The van der Waals surface area contributed by atoms with Crippen molar-refractivity contribution in [3.05, 3.63) is 102 Å². The number of carbonyl (C=O) groups excluding carboxylic acids is 3. The topological polar surface area (TPSA) is 100 Å². The van der Waals surface area contributed by atoms with Crippen LogP contribution in [0.15, 0.2) is 84.9 Å². The van der Waals surface area contributed by atoms with Crippen molar-refractivity contribution in [3.8, 4) is 5.75 Å². The van der Waals surface area contributed by atoms with Gasteiger partial charge < -0.3 is 24.3 Å². The summed E-state index contributed by atoms with van der Waals surface area (Å²) in [4.78, 5) is 39.8. The average Bonchev–Trinajstić information content (AvgIpc) is 3.04. The number of rotatable bonds is 13. The van der Waals surface area contributed by atoms with E-state index in [2.05, 4.69) is 5.32 Å². The van der Waals surface area contributed by atoms with Gasteiger partial charge in [-0.2, -0.15) is 26.3 Å². The van der Waals surface area contributed by atoms with E-state index in [9.17, 15) is 40.7 Å². The predicted molar refractivity (Wildman–Crippen MR) is 161 cm³/mol. The molecule has 0 aliphatic carbocycles. The first-order chi connectivity index (χ1) is 22.5. The molecule has 0 radical (unpaired) electrons. The van der Waals surface area contributed by atoms with Crippen LogP contribution in [-0.2, 0) is 39.8 Å². The number of benzene rings is 3. The summed E-state index contributed by atoms with van der Waals surface area (Å²) in [5.41, 5.74) is -7.78. The molecule has 0 saturated carbocycles. The lowest BCUT2D eigenvalue weighted by Crippen LogP contribution is -2.59. The monoisotopic (exact) mass is 683 g/mol. The van der Waals surface area contributed by atoms with Crippen molar-refractivity contribution in [2.75, 3.05) is 14.2 Å². The highest BCUT2D eigenvalue weighted by molar-refractivity contribution is 5.92. The smallest absolute Gasteiger partial charge is 0.432 e. The molecule has 260 valence electrons. The van der Waals surface area contributed by atoms with Crippen LogP contribution in [-0.4, -0.2) is 56.6 Å². The number of ether oxygens (including phenoxy) is 4. The largest absolute Gasteiger partial charge is 0.461 e. The molecular weight excluding hydrogens is 648 g/mol. The molecule has 3 aromatic carbocycles. The van der Waals surface area contributed by atoms with Crippen molar-refractivity contribution in [2.24, 2.45) is 0 Å². The van der Waals surface area contributed by atoms with Gasteiger partial charge in [-0.3, -0.25) is 4.79 Å². The SMILES string of the molecule is CCC(C)OC(=O)[C@@H](NC(=O)[C@@](OC)(c1ccccc1)C(F)(F)F)[C@H](C)c1ccc(OC(=O)[C@@](OC)(c2ccccc2)C(F)(F)F)cc1. The van der Waals surface area contributed by atoms with Crippen LogP contribution < -0.4 is 10.1 Å². The Kier molecular flexibility index (Phi) is 12.0. The summed E-state index contributed by atoms with van der Waals surface area (Å²) in [5.74, 6) is -5.91. The van der Waals surface area contributed by atoms with E-state index in [1.165, 1.54) is 55.5 Å². The van der Waals surface area contributed by atoms with Crippen LogP contribution in [0.25, 0.3) is 0 Å². The molecule has 5 atom stereocenters. The molecule has 8 nitrogen and oxygen atoms in total. The van der Waals surface area contributed by atoms with Gasteiger partial charge in [0.1, 0.15) is 11.8 Å². The Morgan fingerprint density at radius 2 is 1.17 bits per heavy atom. The van der Waals surface area contributed by atoms with Gasteiger partial charge in [-0.15, -0.1) is 0 Å². The highest BCUT2D eigenvalue weighted by Gasteiger charge is 2.65. The summed E-state index contributed by atoms with van der Waals surface area (Å²) < 4.78 is 107. The lowest BCUT2D eigenvalue weighted by Gasteiger charge is -2.35. The maximum absolute atomic E-state index is 14.6. The Bertz CT molecular complexity index is 1530. The average molecular weight is 684 g/mol. The van der Waals surface area contributed by atoms with Gasteiger partial charge >= 0.3 is 24.3 Å². The van der Waals surface area contributed by atoms with Gasteiger partial charge in [0.25, 0.3) is 17.1 Å². The fraction of sp³-hybridized carbons (Fsp3) is 0.382. The Balaban J connectivity index is 1.97. The van der Waals surface area contributed by atoms with E-state index in [1.807, 2.05) is 0 Å². The summed E-state index contributed by atoms with van der Waals surface area (Å²) in [6, 6.07) is 15.4. The molecule has 0 bridgehead atoms. The van der Waals surface area contributed by atoms with Crippen molar-refractivity contribution in [1.82, 2.24) is 5.32 Å². The first-order valence-corrected chi connectivity index (χ1v) is 14.7. The summed E-state index contributed by atoms with van der Waals surface area (Å²) in [6.07, 6.45) is -10.8. The van der Waals surface area contributed by atoms with E-state index in [-0.39, 0.29) is 11.3 Å². The lowest BCUT2D eigenvalue weighted by molar-refractivity contribution is -0.272. The van der Waals surface area contributed by atoms with Crippen molar-refractivity contribution in [3.63, 3.8) is 0 Å². The second kappa shape index (κ2) is 15.2. The first kappa shape index (κ1) is 38.0. The van der Waals surface area contributed by atoms with Crippen LogP contribution in [0.3, 0.4) is 0 Å². The van der Waals surface area contributed by atoms with Crippen molar-refractivity contribution < 1.29 is 59.7 Å².